The van der Waals surface area contributed by atoms with Gasteiger partial charge in [0.15, 0.2) is 0 Å². The van der Waals surface area contributed by atoms with Gasteiger partial charge in [-0.15, -0.1) is 24.8 Å². The van der Waals surface area contributed by atoms with Crippen LogP contribution in [0.2, 0.25) is 0 Å². The van der Waals surface area contributed by atoms with Gasteiger partial charge in [0.2, 0.25) is 0 Å². The van der Waals surface area contributed by atoms with Crippen LogP contribution in [0.1, 0.15) is 24.4 Å². The first-order valence-electron chi connectivity index (χ1n) is 7.83. The number of halogens is 4. The maximum absolute atomic E-state index is 13.5. The topological polar surface area (TPSA) is 18.5 Å². The molecule has 1 atom stereocenters. The highest BCUT2D eigenvalue weighted by Gasteiger charge is 2.30. The molecular weight excluding hydrogens is 343 g/mol. The summed E-state index contributed by atoms with van der Waals surface area (Å²) in [6.45, 7) is 5.10. The summed E-state index contributed by atoms with van der Waals surface area (Å²) in [5, 5.41) is 3.21. The molecule has 0 bridgehead atoms. The highest BCUT2D eigenvalue weighted by molar-refractivity contribution is 5.85. The number of anilines is 1. The van der Waals surface area contributed by atoms with E-state index in [2.05, 4.69) is 10.2 Å². The Morgan fingerprint density at radius 2 is 1.43 bits per heavy atom. The maximum Gasteiger partial charge on any atom is 0.258 e. The molecule has 0 saturated carbocycles. The molecule has 23 heavy (non-hydrogen) atoms. The van der Waals surface area contributed by atoms with Crippen molar-refractivity contribution in [3.63, 3.8) is 0 Å². The fraction of sp³-hybridized carbons (Fsp3) is 0.625. The second-order valence-electron chi connectivity index (χ2n) is 5.85. The SMILES string of the molecule is Cl.Cl.FC(F)[C@H](c1ccc(N2CCCC2)cc1)N1CCNCC1. The van der Waals surface area contributed by atoms with E-state index in [0.29, 0.717) is 13.1 Å². The zero-order chi connectivity index (χ0) is 14.7. The van der Waals surface area contributed by atoms with Crippen molar-refractivity contribution in [2.45, 2.75) is 25.3 Å². The van der Waals surface area contributed by atoms with Crippen LogP contribution >= 0.6 is 24.8 Å². The first-order chi connectivity index (χ1) is 10.3. The molecule has 0 aliphatic carbocycles. The predicted octanol–water partition coefficient (Wildman–Crippen LogP) is 3.34. The summed E-state index contributed by atoms with van der Waals surface area (Å²) in [5.74, 6) is 0. The van der Waals surface area contributed by atoms with Gasteiger partial charge in [-0.3, -0.25) is 4.90 Å². The summed E-state index contributed by atoms with van der Waals surface area (Å²) in [7, 11) is 0. The lowest BCUT2D eigenvalue weighted by Gasteiger charge is -2.34. The maximum atomic E-state index is 13.5. The molecule has 0 aromatic heterocycles. The van der Waals surface area contributed by atoms with Crippen molar-refractivity contribution >= 4 is 30.5 Å². The Kier molecular flexibility index (Phi) is 8.54. The summed E-state index contributed by atoms with van der Waals surface area (Å²) < 4.78 is 27.0. The predicted molar refractivity (Wildman–Crippen MR) is 95.6 cm³/mol. The number of hydrogen-bond donors (Lipinski definition) is 1. The lowest BCUT2D eigenvalue weighted by atomic mass is 10.0. The quantitative estimate of drug-likeness (QED) is 0.880. The van der Waals surface area contributed by atoms with Gasteiger partial charge in [0, 0.05) is 45.0 Å². The molecule has 1 aromatic rings. The number of rotatable bonds is 4. The number of hydrogen-bond acceptors (Lipinski definition) is 3. The number of alkyl halides is 2. The number of benzene rings is 1. The van der Waals surface area contributed by atoms with Crippen molar-refractivity contribution in [1.82, 2.24) is 10.2 Å². The third kappa shape index (κ3) is 4.92. The normalized spacial score (nSPS) is 20.0. The average Bonchev–Trinajstić information content (AvgIpc) is 3.03. The van der Waals surface area contributed by atoms with Gasteiger partial charge in [0.25, 0.3) is 6.43 Å². The highest BCUT2D eigenvalue weighted by atomic mass is 35.5. The minimum atomic E-state index is -2.35. The molecular formula is C16H25Cl2F2N3. The Morgan fingerprint density at radius 1 is 0.870 bits per heavy atom. The van der Waals surface area contributed by atoms with Crippen LogP contribution in [0.15, 0.2) is 24.3 Å². The Bertz CT molecular complexity index is 447. The summed E-state index contributed by atoms with van der Waals surface area (Å²) in [6.07, 6.45) is 0.102. The smallest absolute Gasteiger partial charge is 0.258 e. The summed E-state index contributed by atoms with van der Waals surface area (Å²) in [4.78, 5) is 4.22. The second-order valence-corrected chi connectivity index (χ2v) is 5.85. The van der Waals surface area contributed by atoms with Crippen molar-refractivity contribution in [2.75, 3.05) is 44.2 Å². The van der Waals surface area contributed by atoms with E-state index in [-0.39, 0.29) is 24.8 Å². The van der Waals surface area contributed by atoms with Crippen LogP contribution in [-0.2, 0) is 0 Å². The minimum Gasteiger partial charge on any atom is -0.372 e. The molecule has 1 N–H and O–H groups in total. The van der Waals surface area contributed by atoms with Crippen molar-refractivity contribution in [3.05, 3.63) is 29.8 Å². The number of nitrogens with one attached hydrogen (secondary N) is 1. The van der Waals surface area contributed by atoms with Gasteiger partial charge < -0.3 is 10.2 Å². The highest BCUT2D eigenvalue weighted by Crippen LogP contribution is 2.30. The molecule has 1 aromatic carbocycles. The molecule has 2 fully saturated rings. The van der Waals surface area contributed by atoms with E-state index >= 15 is 0 Å². The van der Waals surface area contributed by atoms with Crippen LogP contribution in [0.25, 0.3) is 0 Å². The third-order valence-corrected chi connectivity index (χ3v) is 4.49. The molecule has 2 saturated heterocycles. The number of nitrogens with zero attached hydrogens (tertiary/aromatic N) is 2. The minimum absolute atomic E-state index is 0. The Morgan fingerprint density at radius 3 is 1.96 bits per heavy atom. The fourth-order valence-corrected chi connectivity index (χ4v) is 3.33. The molecule has 3 nitrogen and oxygen atoms in total. The summed E-state index contributed by atoms with van der Waals surface area (Å²) in [5.41, 5.74) is 1.89. The van der Waals surface area contributed by atoms with Gasteiger partial charge in [-0.2, -0.15) is 0 Å². The molecule has 0 amide bonds. The Labute approximate surface area is 149 Å². The van der Waals surface area contributed by atoms with E-state index in [1.54, 1.807) is 0 Å². The van der Waals surface area contributed by atoms with Crippen molar-refractivity contribution < 1.29 is 8.78 Å². The zero-order valence-electron chi connectivity index (χ0n) is 13.1. The standard InChI is InChI=1S/C16H23F2N3.2ClH/c17-16(18)15(21-11-7-19-8-12-21)13-3-5-14(6-4-13)20-9-1-2-10-20;;/h3-6,15-16,19H,1-2,7-12H2;2*1H/t15-;;/m0../s1. The van der Waals surface area contributed by atoms with Gasteiger partial charge >= 0.3 is 0 Å². The van der Waals surface area contributed by atoms with Crippen molar-refractivity contribution in [3.8, 4) is 0 Å². The Hall–Kier alpha value is -0.620. The van der Waals surface area contributed by atoms with Crippen molar-refractivity contribution in [1.29, 1.82) is 0 Å². The molecule has 0 spiro atoms. The lowest BCUT2D eigenvalue weighted by molar-refractivity contribution is 0.0182. The van der Waals surface area contributed by atoms with Gasteiger partial charge in [-0.05, 0) is 30.5 Å². The van der Waals surface area contributed by atoms with E-state index < -0.39 is 12.5 Å². The van der Waals surface area contributed by atoms with E-state index in [4.69, 9.17) is 0 Å². The largest absolute Gasteiger partial charge is 0.372 e. The van der Waals surface area contributed by atoms with Gasteiger partial charge in [-0.1, -0.05) is 12.1 Å². The molecule has 2 aliphatic rings. The summed E-state index contributed by atoms with van der Waals surface area (Å²) >= 11 is 0. The van der Waals surface area contributed by atoms with E-state index in [1.165, 1.54) is 12.8 Å². The first kappa shape index (κ1) is 20.4. The Balaban J connectivity index is 0.00000132. The van der Waals surface area contributed by atoms with Gasteiger partial charge in [-0.25, -0.2) is 8.78 Å². The van der Waals surface area contributed by atoms with Crippen LogP contribution in [-0.4, -0.2) is 50.6 Å². The average molecular weight is 368 g/mol. The van der Waals surface area contributed by atoms with Gasteiger partial charge in [0.1, 0.15) is 0 Å². The van der Waals surface area contributed by atoms with E-state index in [9.17, 15) is 8.78 Å². The van der Waals surface area contributed by atoms with Crippen LogP contribution in [0.3, 0.4) is 0 Å². The molecule has 3 rings (SSSR count). The molecule has 0 unspecified atom stereocenters. The van der Waals surface area contributed by atoms with Crippen LogP contribution in [0.4, 0.5) is 14.5 Å². The van der Waals surface area contributed by atoms with E-state index in [0.717, 1.165) is 37.4 Å². The van der Waals surface area contributed by atoms with Gasteiger partial charge in [0.05, 0.1) is 6.04 Å². The lowest BCUT2D eigenvalue weighted by Crippen LogP contribution is -2.46. The second kappa shape index (κ2) is 9.62. The zero-order valence-corrected chi connectivity index (χ0v) is 14.7. The van der Waals surface area contributed by atoms with Crippen LogP contribution < -0.4 is 10.2 Å². The first-order valence-corrected chi connectivity index (χ1v) is 7.83. The van der Waals surface area contributed by atoms with E-state index in [1.807, 2.05) is 29.2 Å². The molecule has 0 radical (unpaired) electrons. The monoisotopic (exact) mass is 367 g/mol. The molecule has 132 valence electrons. The molecule has 2 heterocycles. The summed E-state index contributed by atoms with van der Waals surface area (Å²) in [6, 6.07) is 6.98. The fourth-order valence-electron chi connectivity index (χ4n) is 3.33. The molecule has 2 aliphatic heterocycles. The van der Waals surface area contributed by atoms with Crippen molar-refractivity contribution in [2.24, 2.45) is 0 Å². The number of piperazine rings is 1. The molecule has 7 heteroatoms. The van der Waals surface area contributed by atoms with Crippen LogP contribution in [0, 0.1) is 0 Å². The third-order valence-electron chi connectivity index (χ3n) is 4.49. The van der Waals surface area contributed by atoms with Crippen LogP contribution in [0.5, 0.6) is 0 Å².